The van der Waals surface area contributed by atoms with Crippen molar-refractivity contribution in [3.8, 4) is 0 Å². The number of nitrogens with one attached hydrogen (secondary N) is 1. The van der Waals surface area contributed by atoms with Gasteiger partial charge in [0, 0.05) is 29.9 Å². The first kappa shape index (κ1) is 18.9. The van der Waals surface area contributed by atoms with E-state index >= 15 is 0 Å². The van der Waals surface area contributed by atoms with Gasteiger partial charge in [0.1, 0.15) is 0 Å². The van der Waals surface area contributed by atoms with Crippen molar-refractivity contribution in [2.75, 3.05) is 18.4 Å². The highest BCUT2D eigenvalue weighted by Gasteiger charge is 2.30. The van der Waals surface area contributed by atoms with E-state index < -0.39 is 17.6 Å². The number of hydrogen-bond acceptors (Lipinski definition) is 2. The van der Waals surface area contributed by atoms with Crippen LogP contribution >= 0.6 is 0 Å². The van der Waals surface area contributed by atoms with E-state index in [9.17, 15) is 22.8 Å². The lowest BCUT2D eigenvalue weighted by atomic mass is 10.1. The first-order chi connectivity index (χ1) is 12.8. The van der Waals surface area contributed by atoms with Gasteiger partial charge in [0.2, 0.25) is 0 Å². The summed E-state index contributed by atoms with van der Waals surface area (Å²) >= 11 is 0. The second kappa shape index (κ2) is 7.82. The molecule has 0 radical (unpaired) electrons. The lowest BCUT2D eigenvalue weighted by Crippen LogP contribution is -2.35. The predicted molar refractivity (Wildman–Crippen MR) is 95.6 cm³/mol. The van der Waals surface area contributed by atoms with Crippen LogP contribution in [0.25, 0.3) is 0 Å². The standard InChI is InChI=1S/C20H19F3N2O2/c21-20(22,23)16-7-9-17(10-8-16)24-18(26)14-5-4-6-15(13-14)19(27)25-11-2-1-3-12-25/h4-10,13H,1-3,11-12H2,(H,24,26). The van der Waals surface area contributed by atoms with E-state index in [1.165, 1.54) is 18.2 Å². The molecule has 1 heterocycles. The Morgan fingerprint density at radius 2 is 1.52 bits per heavy atom. The maximum Gasteiger partial charge on any atom is 0.416 e. The molecule has 2 amide bonds. The third kappa shape index (κ3) is 4.67. The van der Waals surface area contributed by atoms with Gasteiger partial charge in [-0.25, -0.2) is 0 Å². The second-order valence-electron chi connectivity index (χ2n) is 6.46. The first-order valence-corrected chi connectivity index (χ1v) is 8.72. The largest absolute Gasteiger partial charge is 0.416 e. The maximum atomic E-state index is 12.6. The molecule has 2 aromatic rings. The van der Waals surface area contributed by atoms with E-state index in [4.69, 9.17) is 0 Å². The zero-order valence-electron chi connectivity index (χ0n) is 14.6. The molecular weight excluding hydrogens is 357 g/mol. The zero-order valence-corrected chi connectivity index (χ0v) is 14.6. The number of piperidine rings is 1. The van der Waals surface area contributed by atoms with Crippen LogP contribution in [0.15, 0.2) is 48.5 Å². The van der Waals surface area contributed by atoms with Crippen molar-refractivity contribution in [2.45, 2.75) is 25.4 Å². The monoisotopic (exact) mass is 376 g/mol. The number of nitrogens with zero attached hydrogens (tertiary/aromatic N) is 1. The number of alkyl halides is 3. The lowest BCUT2D eigenvalue weighted by Gasteiger charge is -2.26. The Morgan fingerprint density at radius 3 is 2.15 bits per heavy atom. The average molecular weight is 376 g/mol. The molecule has 0 spiro atoms. The zero-order chi connectivity index (χ0) is 19.4. The minimum atomic E-state index is -4.42. The molecule has 7 heteroatoms. The molecule has 142 valence electrons. The predicted octanol–water partition coefficient (Wildman–Crippen LogP) is 4.58. The summed E-state index contributed by atoms with van der Waals surface area (Å²) in [5.41, 5.74) is 0.171. The number of hydrogen-bond donors (Lipinski definition) is 1. The Balaban J connectivity index is 1.70. The molecule has 0 bridgehead atoms. The number of likely N-dealkylation sites (tertiary alicyclic amines) is 1. The summed E-state index contributed by atoms with van der Waals surface area (Å²) in [6.07, 6.45) is -1.37. The summed E-state index contributed by atoms with van der Waals surface area (Å²) in [4.78, 5) is 26.7. The molecule has 0 aliphatic carbocycles. The van der Waals surface area contributed by atoms with Crippen LogP contribution < -0.4 is 5.32 Å². The fourth-order valence-corrected chi connectivity index (χ4v) is 3.02. The fourth-order valence-electron chi connectivity index (χ4n) is 3.02. The van der Waals surface area contributed by atoms with Crippen LogP contribution in [-0.2, 0) is 6.18 Å². The minimum absolute atomic E-state index is 0.112. The van der Waals surface area contributed by atoms with Crippen molar-refractivity contribution in [3.05, 3.63) is 65.2 Å². The van der Waals surface area contributed by atoms with Crippen LogP contribution in [0.3, 0.4) is 0 Å². The van der Waals surface area contributed by atoms with Gasteiger partial charge in [-0.05, 0) is 61.7 Å². The Kier molecular flexibility index (Phi) is 5.48. The third-order valence-electron chi connectivity index (χ3n) is 4.49. The Bertz CT molecular complexity index is 826. The number of carbonyl (C=O) groups is 2. The number of halogens is 3. The van der Waals surface area contributed by atoms with E-state index in [0.717, 1.165) is 31.4 Å². The summed E-state index contributed by atoms with van der Waals surface area (Å²) in [5.74, 6) is -0.595. The van der Waals surface area contributed by atoms with E-state index in [0.29, 0.717) is 18.7 Å². The Morgan fingerprint density at radius 1 is 0.889 bits per heavy atom. The molecule has 4 nitrogen and oxygen atoms in total. The number of carbonyl (C=O) groups excluding carboxylic acids is 2. The fraction of sp³-hybridized carbons (Fsp3) is 0.300. The second-order valence-corrected chi connectivity index (χ2v) is 6.46. The molecule has 27 heavy (non-hydrogen) atoms. The van der Waals surface area contributed by atoms with Crippen LogP contribution in [0.5, 0.6) is 0 Å². The molecule has 0 aromatic heterocycles. The summed E-state index contributed by atoms with van der Waals surface area (Å²) < 4.78 is 37.8. The van der Waals surface area contributed by atoms with Gasteiger partial charge in [-0.3, -0.25) is 9.59 Å². The van der Waals surface area contributed by atoms with E-state index in [2.05, 4.69) is 5.32 Å². The molecular formula is C20H19F3N2O2. The minimum Gasteiger partial charge on any atom is -0.339 e. The number of amides is 2. The SMILES string of the molecule is O=C(Nc1ccc(C(F)(F)F)cc1)c1cccc(C(=O)N2CCCCC2)c1. The lowest BCUT2D eigenvalue weighted by molar-refractivity contribution is -0.137. The smallest absolute Gasteiger partial charge is 0.339 e. The van der Waals surface area contributed by atoms with Gasteiger partial charge in [-0.15, -0.1) is 0 Å². The molecule has 1 saturated heterocycles. The van der Waals surface area contributed by atoms with Gasteiger partial charge in [0.05, 0.1) is 5.56 Å². The summed E-state index contributed by atoms with van der Waals surface area (Å²) in [6.45, 7) is 1.42. The van der Waals surface area contributed by atoms with Crippen molar-refractivity contribution >= 4 is 17.5 Å². The number of anilines is 1. The van der Waals surface area contributed by atoms with Crippen molar-refractivity contribution in [2.24, 2.45) is 0 Å². The molecule has 1 fully saturated rings. The van der Waals surface area contributed by atoms with Crippen LogP contribution in [-0.4, -0.2) is 29.8 Å². The molecule has 1 N–H and O–H groups in total. The van der Waals surface area contributed by atoms with Gasteiger partial charge in [-0.1, -0.05) is 6.07 Å². The van der Waals surface area contributed by atoms with Crippen molar-refractivity contribution < 1.29 is 22.8 Å². The molecule has 3 rings (SSSR count). The highest BCUT2D eigenvalue weighted by atomic mass is 19.4. The van der Waals surface area contributed by atoms with Crippen molar-refractivity contribution in [3.63, 3.8) is 0 Å². The van der Waals surface area contributed by atoms with E-state index in [-0.39, 0.29) is 17.2 Å². The van der Waals surface area contributed by atoms with Gasteiger partial charge in [-0.2, -0.15) is 13.2 Å². The number of benzene rings is 2. The van der Waals surface area contributed by atoms with Gasteiger partial charge >= 0.3 is 6.18 Å². The molecule has 1 aliphatic heterocycles. The van der Waals surface area contributed by atoms with E-state index in [1.54, 1.807) is 23.1 Å². The first-order valence-electron chi connectivity index (χ1n) is 8.72. The van der Waals surface area contributed by atoms with Gasteiger partial charge in [0.25, 0.3) is 11.8 Å². The molecule has 0 unspecified atom stereocenters. The van der Waals surface area contributed by atoms with Gasteiger partial charge in [0.15, 0.2) is 0 Å². The Hall–Kier alpha value is -2.83. The molecule has 0 saturated carbocycles. The van der Waals surface area contributed by atoms with Crippen LogP contribution in [0.4, 0.5) is 18.9 Å². The summed E-state index contributed by atoms with van der Waals surface area (Å²) in [5, 5.41) is 2.55. The van der Waals surface area contributed by atoms with Crippen LogP contribution in [0.2, 0.25) is 0 Å². The quantitative estimate of drug-likeness (QED) is 0.852. The summed E-state index contributed by atoms with van der Waals surface area (Å²) in [7, 11) is 0. The maximum absolute atomic E-state index is 12.6. The van der Waals surface area contributed by atoms with Crippen molar-refractivity contribution in [1.82, 2.24) is 4.90 Å². The van der Waals surface area contributed by atoms with Gasteiger partial charge < -0.3 is 10.2 Å². The van der Waals surface area contributed by atoms with Crippen molar-refractivity contribution in [1.29, 1.82) is 0 Å². The molecule has 0 atom stereocenters. The highest BCUT2D eigenvalue weighted by Crippen LogP contribution is 2.29. The average Bonchev–Trinajstić information content (AvgIpc) is 2.68. The molecule has 1 aliphatic rings. The number of rotatable bonds is 3. The van der Waals surface area contributed by atoms with E-state index in [1.807, 2.05) is 0 Å². The topological polar surface area (TPSA) is 49.4 Å². The van der Waals surface area contributed by atoms with Crippen LogP contribution in [0, 0.1) is 0 Å². The molecule has 2 aromatic carbocycles. The normalized spacial score (nSPS) is 14.7. The van der Waals surface area contributed by atoms with Crippen LogP contribution in [0.1, 0.15) is 45.5 Å². The Labute approximate surface area is 155 Å². The highest BCUT2D eigenvalue weighted by molar-refractivity contribution is 6.06. The summed E-state index contributed by atoms with van der Waals surface area (Å²) in [6, 6.07) is 10.6. The third-order valence-corrected chi connectivity index (χ3v) is 4.49.